The molecule has 3 aromatic rings. The third kappa shape index (κ3) is 7.21. The largest absolute Gasteiger partial charge is 0.482 e. The summed E-state index contributed by atoms with van der Waals surface area (Å²) in [5.41, 5.74) is 0.142. The van der Waals surface area contributed by atoms with E-state index < -0.39 is 71.9 Å². The number of methoxy groups -OCH3 is 1. The molecule has 13 heteroatoms. The van der Waals surface area contributed by atoms with E-state index >= 15 is 0 Å². The number of halogens is 3. The Hall–Kier alpha value is -4.68. The number of aromatic nitrogens is 1. The SMILES string of the molecule is COC(=O)C[C@H](NC(=O)[C@H](C)NC(=O)c1coc(-c2ccccc2)n1)C(=O)COc1c(C)c(F)cc(F)c1F. The van der Waals surface area contributed by atoms with Gasteiger partial charge in [0, 0.05) is 17.2 Å². The lowest BCUT2D eigenvalue weighted by Crippen LogP contribution is -2.51. The summed E-state index contributed by atoms with van der Waals surface area (Å²) in [4.78, 5) is 53.9. The molecule has 0 saturated heterocycles. The number of carbonyl (C=O) groups is 4. The summed E-state index contributed by atoms with van der Waals surface area (Å²) >= 11 is 0. The van der Waals surface area contributed by atoms with E-state index in [0.29, 0.717) is 11.6 Å². The summed E-state index contributed by atoms with van der Waals surface area (Å²) in [5.74, 6) is -8.18. The summed E-state index contributed by atoms with van der Waals surface area (Å²) in [6, 6.07) is 6.37. The fourth-order valence-corrected chi connectivity index (χ4v) is 3.30. The van der Waals surface area contributed by atoms with Crippen molar-refractivity contribution in [3.63, 3.8) is 0 Å². The molecular formula is C26H24F3N3O7. The number of nitrogens with one attached hydrogen (secondary N) is 2. The zero-order valence-corrected chi connectivity index (χ0v) is 21.0. The van der Waals surface area contributed by atoms with Crippen LogP contribution in [0.1, 0.15) is 29.4 Å². The Balaban J connectivity index is 1.65. The Kier molecular flexibility index (Phi) is 9.42. The van der Waals surface area contributed by atoms with Crippen LogP contribution in [0.15, 0.2) is 47.1 Å². The molecular weight excluding hydrogens is 523 g/mol. The number of amides is 2. The van der Waals surface area contributed by atoms with Gasteiger partial charge < -0.3 is 24.5 Å². The van der Waals surface area contributed by atoms with Gasteiger partial charge in [-0.2, -0.15) is 4.39 Å². The molecule has 0 radical (unpaired) electrons. The summed E-state index contributed by atoms with van der Waals surface area (Å²) in [5, 5.41) is 4.68. The molecule has 2 atom stereocenters. The lowest BCUT2D eigenvalue weighted by Gasteiger charge is -2.20. The predicted octanol–water partition coefficient (Wildman–Crippen LogP) is 2.88. The molecule has 0 aliphatic carbocycles. The van der Waals surface area contributed by atoms with E-state index in [1.807, 2.05) is 0 Å². The molecule has 1 aromatic heterocycles. The average Bonchev–Trinajstić information content (AvgIpc) is 3.42. The molecule has 206 valence electrons. The molecule has 0 bridgehead atoms. The van der Waals surface area contributed by atoms with Crippen molar-refractivity contribution in [1.82, 2.24) is 15.6 Å². The standard InChI is InChI=1S/C26H24F3N3O7/c1-13-16(27)9-17(28)22(29)23(13)38-12-20(33)18(10-21(34)37-3)31-24(35)14(2)30-25(36)19-11-39-26(32-19)15-7-5-4-6-8-15/h4-9,11,14,18H,10,12H2,1-3H3,(H,30,36)(H,31,35)/t14-,18-/m0/s1. The predicted molar refractivity (Wildman–Crippen MR) is 129 cm³/mol. The second kappa shape index (κ2) is 12.7. The van der Waals surface area contributed by atoms with Gasteiger partial charge in [0.25, 0.3) is 5.91 Å². The minimum Gasteiger partial charge on any atom is -0.482 e. The van der Waals surface area contributed by atoms with Crippen molar-refractivity contribution in [2.45, 2.75) is 32.4 Å². The van der Waals surface area contributed by atoms with Crippen LogP contribution in [0, 0.1) is 24.4 Å². The molecule has 2 aromatic carbocycles. The number of hydrogen-bond acceptors (Lipinski definition) is 8. The molecule has 0 fully saturated rings. The molecule has 10 nitrogen and oxygen atoms in total. The first-order valence-electron chi connectivity index (χ1n) is 11.5. The fourth-order valence-electron chi connectivity index (χ4n) is 3.30. The third-order valence-electron chi connectivity index (χ3n) is 5.52. The molecule has 0 saturated carbocycles. The second-order valence-corrected chi connectivity index (χ2v) is 8.30. The van der Waals surface area contributed by atoms with E-state index in [0.717, 1.165) is 20.3 Å². The zero-order valence-electron chi connectivity index (χ0n) is 21.0. The maximum Gasteiger partial charge on any atom is 0.308 e. The summed E-state index contributed by atoms with van der Waals surface area (Å²) in [6.45, 7) is 1.49. The Morgan fingerprint density at radius 2 is 1.74 bits per heavy atom. The van der Waals surface area contributed by atoms with Gasteiger partial charge in [0.05, 0.1) is 13.5 Å². The second-order valence-electron chi connectivity index (χ2n) is 8.30. The van der Waals surface area contributed by atoms with Crippen LogP contribution in [0.5, 0.6) is 5.75 Å². The van der Waals surface area contributed by atoms with E-state index in [2.05, 4.69) is 20.4 Å². The lowest BCUT2D eigenvalue weighted by atomic mass is 10.1. The molecule has 2 N–H and O–H groups in total. The number of ketones is 1. The summed E-state index contributed by atoms with van der Waals surface area (Å²) in [7, 11) is 1.06. The van der Waals surface area contributed by atoms with E-state index in [-0.39, 0.29) is 17.1 Å². The Morgan fingerprint density at radius 1 is 1.05 bits per heavy atom. The smallest absolute Gasteiger partial charge is 0.308 e. The van der Waals surface area contributed by atoms with E-state index in [9.17, 15) is 32.3 Å². The van der Waals surface area contributed by atoms with Gasteiger partial charge in [-0.05, 0) is 26.0 Å². The van der Waals surface area contributed by atoms with Crippen LogP contribution >= 0.6 is 0 Å². The Bertz CT molecular complexity index is 1350. The first-order chi connectivity index (χ1) is 18.5. The number of oxazole rings is 1. The van der Waals surface area contributed by atoms with Crippen LogP contribution in [0.25, 0.3) is 11.5 Å². The number of nitrogens with zero attached hydrogens (tertiary/aromatic N) is 1. The van der Waals surface area contributed by atoms with Gasteiger partial charge in [0.2, 0.25) is 17.6 Å². The van der Waals surface area contributed by atoms with E-state index in [1.165, 1.54) is 6.92 Å². The van der Waals surface area contributed by atoms with Gasteiger partial charge in [0.1, 0.15) is 30.8 Å². The first kappa shape index (κ1) is 28.9. The van der Waals surface area contributed by atoms with Crippen molar-refractivity contribution >= 4 is 23.6 Å². The van der Waals surface area contributed by atoms with Crippen molar-refractivity contribution in [3.05, 3.63) is 71.4 Å². The molecule has 0 aliphatic heterocycles. The fraction of sp³-hybridized carbons (Fsp3) is 0.269. The number of carbonyl (C=O) groups excluding carboxylic acids is 4. The number of benzene rings is 2. The van der Waals surface area contributed by atoms with Gasteiger partial charge in [-0.25, -0.2) is 13.8 Å². The highest BCUT2D eigenvalue weighted by atomic mass is 19.2. The topological polar surface area (TPSA) is 137 Å². The highest BCUT2D eigenvalue weighted by Crippen LogP contribution is 2.27. The van der Waals surface area contributed by atoms with Crippen molar-refractivity contribution in [1.29, 1.82) is 0 Å². The highest BCUT2D eigenvalue weighted by molar-refractivity contribution is 5.98. The quantitative estimate of drug-likeness (QED) is 0.276. The minimum atomic E-state index is -1.53. The molecule has 0 spiro atoms. The Labute approximate surface area is 220 Å². The average molecular weight is 547 g/mol. The molecule has 2 amide bonds. The van der Waals surface area contributed by atoms with Crippen LogP contribution in [-0.2, 0) is 19.1 Å². The van der Waals surface area contributed by atoms with Gasteiger partial charge >= 0.3 is 5.97 Å². The minimum absolute atomic E-state index is 0.108. The van der Waals surface area contributed by atoms with Crippen molar-refractivity contribution < 1.29 is 46.2 Å². The molecule has 0 aliphatic rings. The molecule has 3 rings (SSSR count). The Morgan fingerprint density at radius 3 is 2.41 bits per heavy atom. The van der Waals surface area contributed by atoms with E-state index in [4.69, 9.17) is 9.15 Å². The monoisotopic (exact) mass is 547 g/mol. The van der Waals surface area contributed by atoms with Gasteiger partial charge in [0.15, 0.2) is 23.0 Å². The molecule has 1 heterocycles. The zero-order chi connectivity index (χ0) is 28.7. The number of rotatable bonds is 11. The summed E-state index contributed by atoms with van der Waals surface area (Å²) < 4.78 is 56.2. The van der Waals surface area contributed by atoms with Crippen molar-refractivity contribution in [3.8, 4) is 17.2 Å². The van der Waals surface area contributed by atoms with Crippen molar-refractivity contribution in [2.24, 2.45) is 0 Å². The number of ether oxygens (including phenoxy) is 2. The van der Waals surface area contributed by atoms with Gasteiger partial charge in [-0.1, -0.05) is 18.2 Å². The first-order valence-corrected chi connectivity index (χ1v) is 11.5. The maximum atomic E-state index is 14.1. The summed E-state index contributed by atoms with van der Waals surface area (Å²) in [6.07, 6.45) is 0.480. The lowest BCUT2D eigenvalue weighted by molar-refractivity contribution is -0.143. The van der Waals surface area contributed by atoms with Crippen molar-refractivity contribution in [2.75, 3.05) is 13.7 Å². The van der Waals surface area contributed by atoms with E-state index in [1.54, 1.807) is 30.3 Å². The molecule has 0 unspecified atom stereocenters. The van der Waals surface area contributed by atoms with Gasteiger partial charge in [-0.3, -0.25) is 19.2 Å². The number of Topliss-reactive ketones (excluding diaryl/α,β-unsaturated/α-hetero) is 1. The van der Waals surface area contributed by atoms with Crippen LogP contribution in [0.3, 0.4) is 0 Å². The normalized spacial score (nSPS) is 12.3. The highest BCUT2D eigenvalue weighted by Gasteiger charge is 2.29. The number of hydrogen-bond donors (Lipinski definition) is 2. The van der Waals surface area contributed by atoms with Gasteiger partial charge in [-0.15, -0.1) is 0 Å². The number of esters is 1. The van der Waals surface area contributed by atoms with Crippen LogP contribution < -0.4 is 15.4 Å². The van der Waals surface area contributed by atoms with Crippen LogP contribution in [-0.4, -0.2) is 54.4 Å². The molecule has 39 heavy (non-hydrogen) atoms. The van der Waals surface area contributed by atoms with Crippen LogP contribution in [0.2, 0.25) is 0 Å². The maximum absolute atomic E-state index is 14.1. The third-order valence-corrected chi connectivity index (χ3v) is 5.52. The van der Waals surface area contributed by atoms with Crippen LogP contribution in [0.4, 0.5) is 13.2 Å².